The first-order chi connectivity index (χ1) is 8.11. The minimum absolute atomic E-state index is 0.0788. The molecule has 17 heavy (non-hydrogen) atoms. The largest absolute Gasteiger partial charge is 0.495 e. The van der Waals surface area contributed by atoms with Crippen molar-refractivity contribution in [3.8, 4) is 5.75 Å². The van der Waals surface area contributed by atoms with Crippen LogP contribution in [-0.4, -0.2) is 39.0 Å². The molecule has 5 nitrogen and oxygen atoms in total. The zero-order chi connectivity index (χ0) is 12.5. The van der Waals surface area contributed by atoms with E-state index in [1.807, 2.05) is 0 Å². The predicted octanol–water partition coefficient (Wildman–Crippen LogP) is 0.417. The maximum atomic E-state index is 12.4. The number of ether oxygens (including phenoxy) is 1. The molecule has 1 fully saturated rings. The summed E-state index contributed by atoms with van der Waals surface area (Å²) < 4.78 is 31.2. The Hall–Kier alpha value is -1.11. The van der Waals surface area contributed by atoms with Crippen LogP contribution in [0, 0.1) is 0 Å². The van der Waals surface area contributed by atoms with Gasteiger partial charge in [-0.25, -0.2) is 8.42 Å². The summed E-state index contributed by atoms with van der Waals surface area (Å²) in [6, 6.07) is 6.55. The second kappa shape index (κ2) is 4.64. The molecule has 2 rings (SSSR count). The molecule has 1 atom stereocenters. The quantitative estimate of drug-likeness (QED) is 0.847. The summed E-state index contributed by atoms with van der Waals surface area (Å²) in [5, 5.41) is 0. The third kappa shape index (κ3) is 2.03. The van der Waals surface area contributed by atoms with Crippen molar-refractivity contribution in [3.63, 3.8) is 0 Å². The van der Waals surface area contributed by atoms with E-state index >= 15 is 0 Å². The average molecular weight is 256 g/mol. The Balaban J connectivity index is 2.38. The fraction of sp³-hybridized carbons (Fsp3) is 0.455. The van der Waals surface area contributed by atoms with Crippen LogP contribution in [0.5, 0.6) is 5.75 Å². The van der Waals surface area contributed by atoms with E-state index in [1.54, 1.807) is 24.3 Å². The van der Waals surface area contributed by atoms with E-state index in [1.165, 1.54) is 11.4 Å². The van der Waals surface area contributed by atoms with Gasteiger partial charge in [-0.1, -0.05) is 12.1 Å². The van der Waals surface area contributed by atoms with Gasteiger partial charge in [-0.2, -0.15) is 4.31 Å². The highest BCUT2D eigenvalue weighted by Crippen LogP contribution is 2.31. The van der Waals surface area contributed by atoms with Crippen molar-refractivity contribution < 1.29 is 13.2 Å². The lowest BCUT2D eigenvalue weighted by molar-refractivity contribution is 0.205. The Morgan fingerprint density at radius 1 is 1.47 bits per heavy atom. The summed E-state index contributed by atoms with van der Waals surface area (Å²) >= 11 is 0. The van der Waals surface area contributed by atoms with Gasteiger partial charge in [0.25, 0.3) is 0 Å². The number of benzene rings is 1. The van der Waals surface area contributed by atoms with Crippen LogP contribution >= 0.6 is 0 Å². The van der Waals surface area contributed by atoms with E-state index < -0.39 is 10.0 Å². The van der Waals surface area contributed by atoms with Gasteiger partial charge in [0, 0.05) is 19.1 Å². The van der Waals surface area contributed by atoms with Gasteiger partial charge in [-0.15, -0.1) is 0 Å². The van der Waals surface area contributed by atoms with Crippen LogP contribution < -0.4 is 10.5 Å². The summed E-state index contributed by atoms with van der Waals surface area (Å²) in [5.74, 6) is 0.371. The number of hydrogen-bond acceptors (Lipinski definition) is 4. The van der Waals surface area contributed by atoms with Crippen molar-refractivity contribution in [2.45, 2.75) is 17.4 Å². The predicted molar refractivity (Wildman–Crippen MR) is 64.3 cm³/mol. The molecule has 0 bridgehead atoms. The molecule has 0 spiro atoms. The zero-order valence-corrected chi connectivity index (χ0v) is 10.5. The number of rotatable bonds is 4. The van der Waals surface area contributed by atoms with Crippen LogP contribution in [-0.2, 0) is 10.0 Å². The standard InChI is InChI=1S/C11H16N2O3S/c1-16-10-4-2-3-5-11(10)17(14,15)13-7-6-9(13)8-12/h2-5,9H,6-8,12H2,1H3. The van der Waals surface area contributed by atoms with Gasteiger partial charge in [0.05, 0.1) is 7.11 Å². The third-order valence-electron chi connectivity index (χ3n) is 3.02. The second-order valence-corrected chi connectivity index (χ2v) is 5.80. The molecular weight excluding hydrogens is 240 g/mol. The van der Waals surface area contributed by atoms with Crippen molar-refractivity contribution in [2.24, 2.45) is 5.73 Å². The fourth-order valence-corrected chi connectivity index (χ4v) is 3.77. The first-order valence-corrected chi connectivity index (χ1v) is 6.90. The Morgan fingerprint density at radius 2 is 2.18 bits per heavy atom. The lowest BCUT2D eigenvalue weighted by atomic mass is 10.1. The number of nitrogens with two attached hydrogens (primary N) is 1. The molecule has 1 saturated heterocycles. The highest BCUT2D eigenvalue weighted by Gasteiger charge is 2.38. The third-order valence-corrected chi connectivity index (χ3v) is 5.01. The van der Waals surface area contributed by atoms with E-state index in [0.717, 1.165) is 6.42 Å². The number of methoxy groups -OCH3 is 1. The number of hydrogen-bond donors (Lipinski definition) is 1. The molecule has 0 aliphatic carbocycles. The van der Waals surface area contributed by atoms with E-state index in [4.69, 9.17) is 10.5 Å². The van der Waals surface area contributed by atoms with Crippen molar-refractivity contribution in [1.29, 1.82) is 0 Å². The molecule has 1 aromatic carbocycles. The number of nitrogens with zero attached hydrogens (tertiary/aromatic N) is 1. The summed E-state index contributed by atoms with van der Waals surface area (Å²) in [4.78, 5) is 0.209. The van der Waals surface area contributed by atoms with Crippen molar-refractivity contribution in [3.05, 3.63) is 24.3 Å². The van der Waals surface area contributed by atoms with E-state index in [-0.39, 0.29) is 10.9 Å². The van der Waals surface area contributed by atoms with Crippen molar-refractivity contribution in [2.75, 3.05) is 20.2 Å². The topological polar surface area (TPSA) is 72.6 Å². The molecule has 1 aromatic rings. The SMILES string of the molecule is COc1ccccc1S(=O)(=O)N1CCC1CN. The zero-order valence-electron chi connectivity index (χ0n) is 9.67. The van der Waals surface area contributed by atoms with Gasteiger partial charge in [0.1, 0.15) is 10.6 Å². The van der Waals surface area contributed by atoms with Crippen LogP contribution in [0.2, 0.25) is 0 Å². The fourth-order valence-electron chi connectivity index (χ4n) is 1.93. The summed E-state index contributed by atoms with van der Waals surface area (Å²) in [5.41, 5.74) is 5.53. The van der Waals surface area contributed by atoms with Crippen LogP contribution in [0.15, 0.2) is 29.2 Å². The van der Waals surface area contributed by atoms with Crippen molar-refractivity contribution >= 4 is 10.0 Å². The first-order valence-electron chi connectivity index (χ1n) is 5.46. The Labute approximate surface area is 101 Å². The van der Waals surface area contributed by atoms with Gasteiger partial charge < -0.3 is 10.5 Å². The Morgan fingerprint density at radius 3 is 2.71 bits per heavy atom. The van der Waals surface area contributed by atoms with E-state index in [2.05, 4.69) is 0 Å². The molecule has 1 aliphatic heterocycles. The molecule has 1 unspecified atom stereocenters. The molecule has 0 amide bonds. The second-order valence-electron chi connectivity index (χ2n) is 3.94. The van der Waals surface area contributed by atoms with E-state index in [0.29, 0.717) is 18.8 Å². The molecule has 1 heterocycles. The minimum atomic E-state index is -3.48. The Bertz CT molecular complexity index is 499. The lowest BCUT2D eigenvalue weighted by Gasteiger charge is -2.39. The van der Waals surface area contributed by atoms with Gasteiger partial charge in [-0.3, -0.25) is 0 Å². The van der Waals surface area contributed by atoms with Crippen LogP contribution in [0.1, 0.15) is 6.42 Å². The first kappa shape index (κ1) is 12.3. The van der Waals surface area contributed by atoms with Crippen LogP contribution in [0.25, 0.3) is 0 Å². The average Bonchev–Trinajstić information content (AvgIpc) is 2.27. The highest BCUT2D eigenvalue weighted by atomic mass is 32.2. The maximum absolute atomic E-state index is 12.4. The van der Waals surface area contributed by atoms with Crippen molar-refractivity contribution in [1.82, 2.24) is 4.31 Å². The summed E-state index contributed by atoms with van der Waals surface area (Å²) in [6.07, 6.45) is 0.824. The van der Waals surface area contributed by atoms with E-state index in [9.17, 15) is 8.42 Å². The van der Waals surface area contributed by atoms with Crippen LogP contribution in [0.3, 0.4) is 0 Å². The normalized spacial score (nSPS) is 20.9. The molecule has 94 valence electrons. The Kier molecular flexibility index (Phi) is 3.37. The van der Waals surface area contributed by atoms with Gasteiger partial charge in [0.15, 0.2) is 0 Å². The molecule has 6 heteroatoms. The molecule has 0 saturated carbocycles. The number of para-hydroxylation sites is 1. The summed E-state index contributed by atoms with van der Waals surface area (Å²) in [7, 11) is -2.01. The smallest absolute Gasteiger partial charge is 0.247 e. The molecule has 2 N–H and O–H groups in total. The molecule has 0 radical (unpaired) electrons. The molecule has 1 aliphatic rings. The van der Waals surface area contributed by atoms with Gasteiger partial charge in [-0.05, 0) is 18.6 Å². The maximum Gasteiger partial charge on any atom is 0.247 e. The van der Waals surface area contributed by atoms with Gasteiger partial charge in [0.2, 0.25) is 10.0 Å². The monoisotopic (exact) mass is 256 g/mol. The molecule has 0 aromatic heterocycles. The van der Waals surface area contributed by atoms with Gasteiger partial charge >= 0.3 is 0 Å². The highest BCUT2D eigenvalue weighted by molar-refractivity contribution is 7.89. The number of sulfonamides is 1. The summed E-state index contributed by atoms with van der Waals surface area (Å²) in [6.45, 7) is 0.886. The molecular formula is C11H16N2O3S. The lowest BCUT2D eigenvalue weighted by Crippen LogP contribution is -2.54. The minimum Gasteiger partial charge on any atom is -0.495 e. The van der Waals surface area contributed by atoms with Crippen LogP contribution in [0.4, 0.5) is 0 Å².